The van der Waals surface area contributed by atoms with Crippen LogP contribution in [0.5, 0.6) is 0 Å². The molecule has 0 spiro atoms. The highest BCUT2D eigenvalue weighted by Gasteiger charge is 2.33. The number of nitro benzene ring substituents is 1. The molecule has 1 fully saturated rings. The van der Waals surface area contributed by atoms with Gasteiger partial charge >= 0.3 is 0 Å². The molecule has 160 valence electrons. The fourth-order valence-electron chi connectivity index (χ4n) is 3.68. The number of amides is 1. The lowest BCUT2D eigenvalue weighted by Crippen LogP contribution is -2.44. The van der Waals surface area contributed by atoms with Crippen LogP contribution in [0.1, 0.15) is 38.5 Å². The Labute approximate surface area is 176 Å². The Morgan fingerprint density at radius 1 is 1.00 bits per heavy atom. The zero-order valence-electron chi connectivity index (χ0n) is 16.6. The van der Waals surface area contributed by atoms with Crippen LogP contribution in [-0.4, -0.2) is 31.8 Å². The van der Waals surface area contributed by atoms with Crippen molar-refractivity contribution in [3.63, 3.8) is 0 Å². The van der Waals surface area contributed by atoms with Gasteiger partial charge in [-0.05, 0) is 31.0 Å². The van der Waals surface area contributed by atoms with E-state index in [0.29, 0.717) is 0 Å². The molecule has 0 bridgehead atoms. The fraction of sp³-hybridized carbons (Fsp3) is 0.381. The molecule has 30 heavy (non-hydrogen) atoms. The molecule has 1 amide bonds. The van der Waals surface area contributed by atoms with Crippen molar-refractivity contribution in [3.8, 4) is 0 Å². The molecule has 0 saturated heterocycles. The highest BCUT2D eigenvalue weighted by Crippen LogP contribution is 2.29. The smallest absolute Gasteiger partial charge is 0.289 e. The molecule has 0 radical (unpaired) electrons. The number of sulfonamides is 1. The molecule has 0 heterocycles. The van der Waals surface area contributed by atoms with E-state index in [0.717, 1.165) is 48.9 Å². The van der Waals surface area contributed by atoms with Gasteiger partial charge in [-0.2, -0.15) is 0 Å². The van der Waals surface area contributed by atoms with E-state index in [1.807, 2.05) is 0 Å². The molecular weight excluding hydrogens is 406 g/mol. The monoisotopic (exact) mass is 431 g/mol. The third kappa shape index (κ3) is 5.15. The number of hydrogen-bond acceptors (Lipinski definition) is 5. The first-order valence-electron chi connectivity index (χ1n) is 10.00. The van der Waals surface area contributed by atoms with E-state index >= 15 is 0 Å². The number of hydrogen-bond donors (Lipinski definition) is 1. The predicted octanol–water partition coefficient (Wildman–Crippen LogP) is 3.63. The molecule has 3 rings (SSSR count). The number of nitrogens with one attached hydrogen (secondary N) is 1. The Kier molecular flexibility index (Phi) is 7.04. The van der Waals surface area contributed by atoms with E-state index < -0.39 is 38.0 Å². The number of nitro groups is 1. The van der Waals surface area contributed by atoms with Crippen molar-refractivity contribution >= 4 is 27.3 Å². The second kappa shape index (κ2) is 9.71. The molecule has 2 aromatic rings. The van der Waals surface area contributed by atoms with Gasteiger partial charge in [0.15, 0.2) is 4.90 Å². The Balaban J connectivity index is 1.91. The summed E-state index contributed by atoms with van der Waals surface area (Å²) in [5, 5.41) is 14.3. The lowest BCUT2D eigenvalue weighted by Gasteiger charge is -2.25. The summed E-state index contributed by atoms with van der Waals surface area (Å²) < 4.78 is 27.7. The Bertz CT molecular complexity index is 987. The van der Waals surface area contributed by atoms with E-state index in [4.69, 9.17) is 0 Å². The Morgan fingerprint density at radius 2 is 1.60 bits per heavy atom. The van der Waals surface area contributed by atoms with Crippen LogP contribution in [0.2, 0.25) is 0 Å². The highest BCUT2D eigenvalue weighted by molar-refractivity contribution is 7.93. The number of benzene rings is 2. The van der Waals surface area contributed by atoms with Crippen LogP contribution >= 0.6 is 0 Å². The van der Waals surface area contributed by atoms with Gasteiger partial charge in [0.25, 0.3) is 15.7 Å². The Hall–Kier alpha value is -2.94. The van der Waals surface area contributed by atoms with Gasteiger partial charge in [0, 0.05) is 12.1 Å². The molecule has 2 aromatic carbocycles. The summed E-state index contributed by atoms with van der Waals surface area (Å²) in [6.07, 6.45) is 6.06. The van der Waals surface area contributed by atoms with E-state index in [1.54, 1.807) is 30.3 Å². The van der Waals surface area contributed by atoms with Crippen molar-refractivity contribution in [2.75, 3.05) is 10.8 Å². The number of carbonyl (C=O) groups excluding carboxylic acids is 1. The second-order valence-corrected chi connectivity index (χ2v) is 9.16. The normalized spacial score (nSPS) is 15.2. The van der Waals surface area contributed by atoms with Crippen LogP contribution in [0.15, 0.2) is 59.5 Å². The van der Waals surface area contributed by atoms with Crippen LogP contribution in [0, 0.1) is 10.1 Å². The molecule has 0 aromatic heterocycles. The number of anilines is 1. The summed E-state index contributed by atoms with van der Waals surface area (Å²) in [5.41, 5.74) is -0.255. The maximum absolute atomic E-state index is 13.4. The third-order valence-corrected chi connectivity index (χ3v) is 7.00. The van der Waals surface area contributed by atoms with E-state index in [2.05, 4.69) is 5.32 Å². The van der Waals surface area contributed by atoms with Crippen molar-refractivity contribution in [2.24, 2.45) is 0 Å². The maximum Gasteiger partial charge on any atom is 0.289 e. The van der Waals surface area contributed by atoms with Gasteiger partial charge in [-0.3, -0.25) is 19.2 Å². The third-order valence-electron chi connectivity index (χ3n) is 5.18. The number of rotatable bonds is 7. The number of nitrogens with zero attached hydrogens (tertiary/aromatic N) is 2. The fourth-order valence-corrected chi connectivity index (χ4v) is 5.26. The average Bonchev–Trinajstić information content (AvgIpc) is 3.01. The van der Waals surface area contributed by atoms with E-state index in [9.17, 15) is 23.3 Å². The quantitative estimate of drug-likeness (QED) is 0.409. The van der Waals surface area contributed by atoms with Gasteiger partial charge in [-0.15, -0.1) is 0 Å². The van der Waals surface area contributed by atoms with Crippen LogP contribution in [0.4, 0.5) is 11.4 Å². The van der Waals surface area contributed by atoms with Crippen molar-refractivity contribution in [2.45, 2.75) is 49.5 Å². The van der Waals surface area contributed by atoms with Gasteiger partial charge < -0.3 is 5.32 Å². The van der Waals surface area contributed by atoms with Gasteiger partial charge in [0.1, 0.15) is 6.54 Å². The van der Waals surface area contributed by atoms with Crippen LogP contribution in [0.3, 0.4) is 0 Å². The molecule has 9 heteroatoms. The molecular formula is C21H25N3O5S. The zero-order chi connectivity index (χ0) is 21.6. The van der Waals surface area contributed by atoms with E-state index in [-0.39, 0.29) is 11.7 Å². The SMILES string of the molecule is O=C(CN(c1ccccc1)S(=O)(=O)c1ccccc1[N+](=O)[O-])NC1CCCCCC1. The minimum absolute atomic E-state index is 0.0198. The van der Waals surface area contributed by atoms with Crippen LogP contribution < -0.4 is 9.62 Å². The molecule has 0 aliphatic heterocycles. The molecule has 1 aliphatic carbocycles. The summed E-state index contributed by atoms with van der Waals surface area (Å²) in [6.45, 7) is -0.450. The van der Waals surface area contributed by atoms with Gasteiger partial charge in [0.05, 0.1) is 10.6 Å². The first-order valence-corrected chi connectivity index (χ1v) is 11.4. The lowest BCUT2D eigenvalue weighted by molar-refractivity contribution is -0.387. The standard InChI is InChI=1S/C21H25N3O5S/c25-21(22-17-10-4-1-2-5-11-17)16-23(18-12-6-3-7-13-18)30(28,29)20-15-9-8-14-19(20)24(26)27/h3,6-9,12-15,17H,1-2,4-5,10-11,16H2,(H,22,25). The largest absolute Gasteiger partial charge is 0.352 e. The zero-order valence-corrected chi connectivity index (χ0v) is 17.4. The molecule has 8 nitrogen and oxygen atoms in total. The van der Waals surface area contributed by atoms with Crippen LogP contribution in [0.25, 0.3) is 0 Å². The first-order chi connectivity index (χ1) is 14.4. The lowest BCUT2D eigenvalue weighted by atomic mass is 10.1. The molecule has 0 atom stereocenters. The minimum Gasteiger partial charge on any atom is -0.352 e. The topological polar surface area (TPSA) is 110 Å². The van der Waals surface area contributed by atoms with Gasteiger partial charge in [-0.1, -0.05) is 56.0 Å². The summed E-state index contributed by atoms with van der Waals surface area (Å²) in [4.78, 5) is 23.0. The second-order valence-electron chi connectivity index (χ2n) is 7.33. The molecule has 1 aliphatic rings. The molecule has 1 N–H and O–H groups in total. The van der Waals surface area contributed by atoms with Crippen molar-refractivity contribution in [3.05, 3.63) is 64.7 Å². The number of para-hydroxylation sites is 2. The average molecular weight is 432 g/mol. The van der Waals surface area contributed by atoms with E-state index in [1.165, 1.54) is 18.2 Å². The summed E-state index contributed by atoms with van der Waals surface area (Å²) in [6, 6.07) is 13.3. The molecule has 0 unspecified atom stereocenters. The summed E-state index contributed by atoms with van der Waals surface area (Å²) >= 11 is 0. The summed E-state index contributed by atoms with van der Waals surface area (Å²) in [7, 11) is -4.34. The maximum atomic E-state index is 13.4. The van der Waals surface area contributed by atoms with Crippen molar-refractivity contribution in [1.82, 2.24) is 5.32 Å². The minimum atomic E-state index is -4.34. The Morgan fingerprint density at radius 3 is 2.23 bits per heavy atom. The van der Waals surface area contributed by atoms with Gasteiger partial charge in [-0.25, -0.2) is 8.42 Å². The predicted molar refractivity (Wildman–Crippen MR) is 114 cm³/mol. The first kappa shape index (κ1) is 21.8. The van der Waals surface area contributed by atoms with Crippen molar-refractivity contribution in [1.29, 1.82) is 0 Å². The number of carbonyl (C=O) groups is 1. The van der Waals surface area contributed by atoms with Crippen molar-refractivity contribution < 1.29 is 18.1 Å². The summed E-state index contributed by atoms with van der Waals surface area (Å²) in [5.74, 6) is -0.423. The van der Waals surface area contributed by atoms with Crippen LogP contribution in [-0.2, 0) is 14.8 Å². The molecule has 1 saturated carbocycles. The highest BCUT2D eigenvalue weighted by atomic mass is 32.2. The van der Waals surface area contributed by atoms with Gasteiger partial charge in [0.2, 0.25) is 5.91 Å².